The predicted octanol–water partition coefficient (Wildman–Crippen LogP) is 4.51. The van der Waals surface area contributed by atoms with E-state index in [1.807, 2.05) is 24.3 Å². The summed E-state index contributed by atoms with van der Waals surface area (Å²) in [6, 6.07) is 6.08. The molecule has 2 heterocycles. The summed E-state index contributed by atoms with van der Waals surface area (Å²) in [5, 5.41) is 6.34. The molecule has 1 aromatic carbocycles. The third-order valence-electron chi connectivity index (χ3n) is 4.55. The predicted molar refractivity (Wildman–Crippen MR) is 131 cm³/mol. The number of hydrogen-bond acceptors (Lipinski definition) is 6. The van der Waals surface area contributed by atoms with E-state index in [1.165, 1.54) is 12.1 Å². The Hall–Kier alpha value is -2.05. The number of nitrogens with one attached hydrogen (secondary N) is 1. The van der Waals surface area contributed by atoms with Gasteiger partial charge in [-0.1, -0.05) is 0 Å². The molecule has 0 fully saturated rings. The standard InChI is InChI=1S/C21H26FN5O2S.HI/c1-14(28-4)20-26-18(13-30-20)11-27(3)21(23-2)24-10-9-17-12-29-19(25-17)15-5-7-16(22)8-6-15;/h5-8,12-14H,9-11H2,1-4H3,(H,23,24);1H. The van der Waals surface area contributed by atoms with Crippen LogP contribution in [0, 0.1) is 5.82 Å². The molecule has 3 rings (SSSR count). The first kappa shape index (κ1) is 25.2. The number of nitrogens with zero attached hydrogens (tertiary/aromatic N) is 4. The van der Waals surface area contributed by atoms with Crippen molar-refractivity contribution in [3.05, 3.63) is 58.1 Å². The van der Waals surface area contributed by atoms with E-state index in [9.17, 15) is 4.39 Å². The minimum Gasteiger partial charge on any atom is -0.444 e. The molecule has 0 spiro atoms. The molecule has 0 amide bonds. The van der Waals surface area contributed by atoms with Crippen LogP contribution in [0.5, 0.6) is 0 Å². The lowest BCUT2D eigenvalue weighted by Crippen LogP contribution is -2.39. The summed E-state index contributed by atoms with van der Waals surface area (Å²) in [5.74, 6) is 0.968. The lowest BCUT2D eigenvalue weighted by molar-refractivity contribution is 0.119. The Labute approximate surface area is 202 Å². The molecular formula is C21H27FIN5O2S. The quantitative estimate of drug-likeness (QED) is 0.249. The van der Waals surface area contributed by atoms with Gasteiger partial charge in [0.2, 0.25) is 5.89 Å². The number of benzene rings is 1. The maximum absolute atomic E-state index is 13.1. The largest absolute Gasteiger partial charge is 0.444 e. The first-order valence-electron chi connectivity index (χ1n) is 9.59. The Bertz CT molecular complexity index is 976. The molecule has 1 N–H and O–H groups in total. The van der Waals surface area contributed by atoms with E-state index >= 15 is 0 Å². The number of oxazole rings is 1. The van der Waals surface area contributed by atoms with Gasteiger partial charge < -0.3 is 19.4 Å². The Kier molecular flexibility index (Phi) is 9.85. The molecule has 7 nitrogen and oxygen atoms in total. The van der Waals surface area contributed by atoms with Gasteiger partial charge in [0.15, 0.2) is 5.96 Å². The van der Waals surface area contributed by atoms with Gasteiger partial charge >= 0.3 is 0 Å². The highest BCUT2D eigenvalue weighted by Crippen LogP contribution is 2.21. The Balaban J connectivity index is 0.00000341. The van der Waals surface area contributed by atoms with Crippen LogP contribution in [-0.2, 0) is 17.7 Å². The van der Waals surface area contributed by atoms with Crippen molar-refractivity contribution in [2.24, 2.45) is 4.99 Å². The number of aliphatic imine (C=N–C) groups is 1. The average Bonchev–Trinajstić information content (AvgIpc) is 3.41. The van der Waals surface area contributed by atoms with Crippen molar-refractivity contribution in [3.63, 3.8) is 0 Å². The number of ether oxygens (including phenoxy) is 1. The molecule has 2 aromatic heterocycles. The van der Waals surface area contributed by atoms with Crippen molar-refractivity contribution >= 4 is 41.3 Å². The monoisotopic (exact) mass is 559 g/mol. The van der Waals surface area contributed by atoms with Crippen LogP contribution in [0.25, 0.3) is 11.5 Å². The van der Waals surface area contributed by atoms with Crippen LogP contribution >= 0.6 is 35.3 Å². The molecule has 3 aromatic rings. The van der Waals surface area contributed by atoms with E-state index in [-0.39, 0.29) is 35.9 Å². The van der Waals surface area contributed by atoms with Crippen LogP contribution in [0.4, 0.5) is 4.39 Å². The number of rotatable bonds is 8. The highest BCUT2D eigenvalue weighted by molar-refractivity contribution is 14.0. The molecule has 168 valence electrons. The van der Waals surface area contributed by atoms with Gasteiger partial charge in [0.05, 0.1) is 17.9 Å². The number of thiazole rings is 1. The molecule has 0 aliphatic rings. The van der Waals surface area contributed by atoms with Gasteiger partial charge in [-0.15, -0.1) is 35.3 Å². The number of aromatic nitrogens is 2. The summed E-state index contributed by atoms with van der Waals surface area (Å²) in [7, 11) is 5.40. The zero-order valence-electron chi connectivity index (χ0n) is 18.0. The Morgan fingerprint density at radius 1 is 1.29 bits per heavy atom. The maximum atomic E-state index is 13.1. The van der Waals surface area contributed by atoms with Gasteiger partial charge in [-0.3, -0.25) is 4.99 Å². The van der Waals surface area contributed by atoms with E-state index in [0.717, 1.165) is 27.9 Å². The summed E-state index contributed by atoms with van der Waals surface area (Å²) in [6.07, 6.45) is 2.29. The highest BCUT2D eigenvalue weighted by Gasteiger charge is 2.13. The smallest absolute Gasteiger partial charge is 0.226 e. The zero-order chi connectivity index (χ0) is 21.5. The maximum Gasteiger partial charge on any atom is 0.226 e. The number of hydrogen-bond donors (Lipinski definition) is 1. The molecule has 0 radical (unpaired) electrons. The Morgan fingerprint density at radius 2 is 2.03 bits per heavy atom. The normalized spacial score (nSPS) is 12.4. The van der Waals surface area contributed by atoms with Gasteiger partial charge in [-0.2, -0.15) is 0 Å². The summed E-state index contributed by atoms with van der Waals surface area (Å²) in [6.45, 7) is 3.28. The van der Waals surface area contributed by atoms with E-state index in [0.29, 0.717) is 25.4 Å². The summed E-state index contributed by atoms with van der Waals surface area (Å²) >= 11 is 1.60. The molecule has 31 heavy (non-hydrogen) atoms. The lowest BCUT2D eigenvalue weighted by atomic mass is 10.2. The van der Waals surface area contributed by atoms with Crippen LogP contribution < -0.4 is 5.32 Å². The van der Waals surface area contributed by atoms with E-state index in [4.69, 9.17) is 9.15 Å². The van der Waals surface area contributed by atoms with E-state index in [2.05, 4.69) is 20.3 Å². The molecule has 0 aliphatic carbocycles. The van der Waals surface area contributed by atoms with Gasteiger partial charge in [0.25, 0.3) is 0 Å². The molecule has 10 heteroatoms. The van der Waals surface area contributed by atoms with Crippen LogP contribution in [0.15, 0.2) is 45.3 Å². The first-order valence-corrected chi connectivity index (χ1v) is 10.5. The SMILES string of the molecule is CN=C(NCCc1coc(-c2ccc(F)cc2)n1)N(C)Cc1csc(C(C)OC)n1.I. The van der Waals surface area contributed by atoms with Crippen molar-refractivity contribution in [3.8, 4) is 11.5 Å². The van der Waals surface area contributed by atoms with Crippen LogP contribution in [0.3, 0.4) is 0 Å². The third-order valence-corrected chi connectivity index (χ3v) is 5.61. The summed E-state index contributed by atoms with van der Waals surface area (Å²) in [4.78, 5) is 15.4. The number of guanidine groups is 1. The molecule has 1 atom stereocenters. The van der Waals surface area contributed by atoms with Crippen LogP contribution in [0.2, 0.25) is 0 Å². The second-order valence-electron chi connectivity index (χ2n) is 6.79. The van der Waals surface area contributed by atoms with Gasteiger partial charge in [0.1, 0.15) is 23.2 Å². The molecule has 0 aliphatic heterocycles. The first-order chi connectivity index (χ1) is 14.5. The molecule has 0 bridgehead atoms. The minimum atomic E-state index is -0.285. The van der Waals surface area contributed by atoms with Crippen molar-refractivity contribution in [1.82, 2.24) is 20.2 Å². The van der Waals surface area contributed by atoms with Crippen molar-refractivity contribution in [2.75, 3.05) is 27.7 Å². The second-order valence-corrected chi connectivity index (χ2v) is 7.68. The van der Waals surface area contributed by atoms with Crippen molar-refractivity contribution in [1.29, 1.82) is 0 Å². The molecule has 0 saturated heterocycles. The van der Waals surface area contributed by atoms with Gasteiger partial charge in [-0.05, 0) is 31.2 Å². The highest BCUT2D eigenvalue weighted by atomic mass is 127. The fourth-order valence-corrected chi connectivity index (χ4v) is 3.68. The molecule has 1 unspecified atom stereocenters. The minimum absolute atomic E-state index is 0. The summed E-state index contributed by atoms with van der Waals surface area (Å²) < 4.78 is 23.9. The molecular weight excluding hydrogens is 532 g/mol. The van der Waals surface area contributed by atoms with Crippen LogP contribution in [-0.4, -0.2) is 48.6 Å². The van der Waals surface area contributed by atoms with Gasteiger partial charge in [-0.25, -0.2) is 14.4 Å². The van der Waals surface area contributed by atoms with E-state index < -0.39 is 0 Å². The van der Waals surface area contributed by atoms with Crippen LogP contribution in [0.1, 0.15) is 29.4 Å². The zero-order valence-corrected chi connectivity index (χ0v) is 21.1. The number of methoxy groups -OCH3 is 1. The fourth-order valence-electron chi connectivity index (χ4n) is 2.83. The summed E-state index contributed by atoms with van der Waals surface area (Å²) in [5.41, 5.74) is 2.54. The molecule has 0 saturated carbocycles. The van der Waals surface area contributed by atoms with E-state index in [1.54, 1.807) is 43.9 Å². The topological polar surface area (TPSA) is 75.8 Å². The fraction of sp³-hybridized carbons (Fsp3) is 0.381. The van der Waals surface area contributed by atoms with Crippen molar-refractivity contribution in [2.45, 2.75) is 26.0 Å². The average molecular weight is 559 g/mol. The van der Waals surface area contributed by atoms with Crippen molar-refractivity contribution < 1.29 is 13.5 Å². The lowest BCUT2D eigenvalue weighted by Gasteiger charge is -2.21. The third kappa shape index (κ3) is 6.97. The second kappa shape index (κ2) is 12.1. The Morgan fingerprint density at radius 3 is 2.71 bits per heavy atom. The number of halogens is 2. The van der Waals surface area contributed by atoms with Gasteiger partial charge in [0, 0.05) is 45.1 Å².